The van der Waals surface area contributed by atoms with Gasteiger partial charge in [0.2, 0.25) is 0 Å². The Bertz CT molecular complexity index is 605. The van der Waals surface area contributed by atoms with E-state index >= 15 is 0 Å². The molecule has 0 aliphatic heterocycles. The van der Waals surface area contributed by atoms with Gasteiger partial charge in [0, 0.05) is 18.9 Å². The number of hydrogen-bond donors (Lipinski definition) is 1. The van der Waals surface area contributed by atoms with Crippen molar-refractivity contribution < 1.29 is 13.2 Å². The fourth-order valence-corrected chi connectivity index (χ4v) is 1.96. The van der Waals surface area contributed by atoms with Gasteiger partial charge in [-0.2, -0.15) is 18.3 Å². The predicted octanol–water partition coefficient (Wildman–Crippen LogP) is 3.09. The minimum absolute atomic E-state index is 0.407. The van der Waals surface area contributed by atoms with Crippen LogP contribution in [0.25, 0.3) is 5.82 Å². The monoisotopic (exact) mass is 298 g/mol. The summed E-state index contributed by atoms with van der Waals surface area (Å²) in [5.74, 6) is 0.407. The number of halogens is 3. The van der Waals surface area contributed by atoms with E-state index in [1.54, 1.807) is 13.1 Å². The maximum absolute atomic E-state index is 12.6. The van der Waals surface area contributed by atoms with E-state index in [1.807, 2.05) is 6.07 Å². The standard InChI is InChI=1S/C14H17F3N4/c1-3-5-18-8-11-7-10(2)13(19-9-11)21-6-4-12(20-21)14(15,16)17/h4,6-7,9,18H,3,5,8H2,1-2H3. The molecule has 0 aliphatic rings. The Labute approximate surface area is 121 Å². The number of pyridine rings is 1. The molecule has 0 fully saturated rings. The van der Waals surface area contributed by atoms with Gasteiger partial charge in [-0.15, -0.1) is 0 Å². The van der Waals surface area contributed by atoms with Gasteiger partial charge in [0.25, 0.3) is 0 Å². The molecule has 1 N–H and O–H groups in total. The van der Waals surface area contributed by atoms with Crippen molar-refractivity contribution in [1.29, 1.82) is 0 Å². The molecule has 2 aromatic rings. The number of aryl methyl sites for hydroxylation is 1. The summed E-state index contributed by atoms with van der Waals surface area (Å²) >= 11 is 0. The number of nitrogens with one attached hydrogen (secondary N) is 1. The first kappa shape index (κ1) is 15.5. The summed E-state index contributed by atoms with van der Waals surface area (Å²) in [6.45, 7) is 5.49. The van der Waals surface area contributed by atoms with Gasteiger partial charge in [0.1, 0.15) is 0 Å². The number of aromatic nitrogens is 3. The molecule has 0 aromatic carbocycles. The van der Waals surface area contributed by atoms with E-state index in [1.165, 1.54) is 6.20 Å². The van der Waals surface area contributed by atoms with Crippen molar-refractivity contribution >= 4 is 0 Å². The van der Waals surface area contributed by atoms with Gasteiger partial charge in [-0.25, -0.2) is 9.67 Å². The highest BCUT2D eigenvalue weighted by atomic mass is 19.4. The van der Waals surface area contributed by atoms with E-state index in [2.05, 4.69) is 22.3 Å². The molecule has 0 spiro atoms. The van der Waals surface area contributed by atoms with Gasteiger partial charge in [0.15, 0.2) is 11.5 Å². The molecule has 4 nitrogen and oxygen atoms in total. The third-order valence-corrected chi connectivity index (χ3v) is 2.96. The molecular weight excluding hydrogens is 281 g/mol. The van der Waals surface area contributed by atoms with E-state index in [-0.39, 0.29) is 0 Å². The molecule has 21 heavy (non-hydrogen) atoms. The lowest BCUT2D eigenvalue weighted by molar-refractivity contribution is -0.141. The van der Waals surface area contributed by atoms with Crippen LogP contribution in [-0.4, -0.2) is 21.3 Å². The van der Waals surface area contributed by atoms with E-state index in [4.69, 9.17) is 0 Å². The summed E-state index contributed by atoms with van der Waals surface area (Å²) in [6, 6.07) is 2.85. The molecule has 0 saturated carbocycles. The first-order valence-corrected chi connectivity index (χ1v) is 6.71. The Kier molecular flexibility index (Phi) is 4.62. The molecule has 0 bridgehead atoms. The highest BCUT2D eigenvalue weighted by molar-refractivity contribution is 5.35. The van der Waals surface area contributed by atoms with Crippen LogP contribution in [0.2, 0.25) is 0 Å². The highest BCUT2D eigenvalue weighted by Gasteiger charge is 2.33. The number of alkyl halides is 3. The lowest BCUT2D eigenvalue weighted by Crippen LogP contribution is -2.14. The van der Waals surface area contributed by atoms with Crippen molar-refractivity contribution in [3.8, 4) is 5.82 Å². The molecule has 0 atom stereocenters. The molecule has 0 saturated heterocycles. The average molecular weight is 298 g/mol. The van der Waals surface area contributed by atoms with Gasteiger partial charge in [-0.3, -0.25) is 0 Å². The molecule has 2 heterocycles. The fourth-order valence-electron chi connectivity index (χ4n) is 1.96. The van der Waals surface area contributed by atoms with Crippen LogP contribution in [0.3, 0.4) is 0 Å². The third kappa shape index (κ3) is 3.81. The Balaban J connectivity index is 2.19. The molecule has 2 rings (SSSR count). The van der Waals surface area contributed by atoms with Gasteiger partial charge >= 0.3 is 6.18 Å². The van der Waals surface area contributed by atoms with Gasteiger partial charge in [-0.05, 0) is 43.1 Å². The lowest BCUT2D eigenvalue weighted by Gasteiger charge is -2.08. The van der Waals surface area contributed by atoms with Crippen LogP contribution in [0, 0.1) is 6.92 Å². The summed E-state index contributed by atoms with van der Waals surface area (Å²) < 4.78 is 38.8. The molecule has 2 aromatic heterocycles. The van der Waals surface area contributed by atoms with Crippen molar-refractivity contribution in [3.63, 3.8) is 0 Å². The summed E-state index contributed by atoms with van der Waals surface area (Å²) in [5.41, 5.74) is 0.855. The van der Waals surface area contributed by atoms with Crippen LogP contribution in [0.1, 0.15) is 30.2 Å². The van der Waals surface area contributed by atoms with Crippen LogP contribution < -0.4 is 5.32 Å². The van der Waals surface area contributed by atoms with Crippen LogP contribution in [0.4, 0.5) is 13.2 Å². The van der Waals surface area contributed by atoms with E-state index in [0.717, 1.165) is 34.8 Å². The largest absolute Gasteiger partial charge is 0.435 e. The quantitative estimate of drug-likeness (QED) is 0.863. The van der Waals surface area contributed by atoms with Gasteiger partial charge in [0.05, 0.1) is 0 Å². The van der Waals surface area contributed by atoms with Crippen LogP contribution >= 0.6 is 0 Å². The maximum Gasteiger partial charge on any atom is 0.435 e. The summed E-state index contributed by atoms with van der Waals surface area (Å²) in [6.07, 6.45) is -0.478. The number of rotatable bonds is 5. The van der Waals surface area contributed by atoms with Crippen LogP contribution in [-0.2, 0) is 12.7 Å². The Morgan fingerprint density at radius 3 is 2.67 bits per heavy atom. The van der Waals surface area contributed by atoms with E-state index in [9.17, 15) is 13.2 Å². The normalized spacial score (nSPS) is 11.9. The predicted molar refractivity (Wildman–Crippen MR) is 73.1 cm³/mol. The molecule has 0 aliphatic carbocycles. The first-order valence-electron chi connectivity index (χ1n) is 6.71. The zero-order valence-corrected chi connectivity index (χ0v) is 11.9. The highest BCUT2D eigenvalue weighted by Crippen LogP contribution is 2.28. The van der Waals surface area contributed by atoms with Crippen molar-refractivity contribution in [1.82, 2.24) is 20.1 Å². The van der Waals surface area contributed by atoms with Crippen molar-refractivity contribution in [3.05, 3.63) is 41.3 Å². The Hall–Kier alpha value is -1.89. The zero-order chi connectivity index (χ0) is 15.5. The number of nitrogens with zero attached hydrogens (tertiary/aromatic N) is 3. The second-order valence-electron chi connectivity index (χ2n) is 4.80. The van der Waals surface area contributed by atoms with Crippen molar-refractivity contribution in [2.24, 2.45) is 0 Å². The molecule has 0 unspecified atom stereocenters. The summed E-state index contributed by atoms with van der Waals surface area (Å²) in [5, 5.41) is 6.78. The maximum atomic E-state index is 12.6. The van der Waals surface area contributed by atoms with E-state index < -0.39 is 11.9 Å². The Morgan fingerprint density at radius 2 is 2.10 bits per heavy atom. The van der Waals surface area contributed by atoms with Crippen LogP contribution in [0.15, 0.2) is 24.5 Å². The first-order chi connectivity index (χ1) is 9.91. The Morgan fingerprint density at radius 1 is 1.33 bits per heavy atom. The smallest absolute Gasteiger partial charge is 0.313 e. The fraction of sp³-hybridized carbons (Fsp3) is 0.429. The lowest BCUT2D eigenvalue weighted by atomic mass is 10.2. The second kappa shape index (κ2) is 6.26. The second-order valence-corrected chi connectivity index (χ2v) is 4.80. The minimum atomic E-state index is -4.44. The molecule has 0 radical (unpaired) electrons. The molecular formula is C14H17F3N4. The average Bonchev–Trinajstić information content (AvgIpc) is 2.88. The summed E-state index contributed by atoms with van der Waals surface area (Å²) in [7, 11) is 0. The minimum Gasteiger partial charge on any atom is -0.313 e. The SMILES string of the molecule is CCCNCc1cnc(-n2ccc(C(F)(F)F)n2)c(C)c1. The van der Waals surface area contributed by atoms with Gasteiger partial charge < -0.3 is 5.32 Å². The van der Waals surface area contributed by atoms with Crippen LogP contribution in [0.5, 0.6) is 0 Å². The zero-order valence-electron chi connectivity index (χ0n) is 11.9. The number of hydrogen-bond acceptors (Lipinski definition) is 3. The van der Waals surface area contributed by atoms with Gasteiger partial charge in [-0.1, -0.05) is 6.92 Å². The third-order valence-electron chi connectivity index (χ3n) is 2.96. The molecule has 7 heteroatoms. The molecule has 0 amide bonds. The van der Waals surface area contributed by atoms with E-state index in [0.29, 0.717) is 12.4 Å². The topological polar surface area (TPSA) is 42.7 Å². The van der Waals surface area contributed by atoms with Crippen molar-refractivity contribution in [2.45, 2.75) is 33.0 Å². The van der Waals surface area contributed by atoms with Crippen molar-refractivity contribution in [2.75, 3.05) is 6.54 Å². The molecule has 114 valence electrons. The summed E-state index contributed by atoms with van der Waals surface area (Å²) in [4.78, 5) is 4.22.